The summed E-state index contributed by atoms with van der Waals surface area (Å²) >= 11 is 0. The van der Waals surface area contributed by atoms with E-state index in [9.17, 15) is 19.7 Å². The smallest absolute Gasteiger partial charge is 0.338 e. The zero-order valence-corrected chi connectivity index (χ0v) is 14.4. The summed E-state index contributed by atoms with van der Waals surface area (Å²) < 4.78 is 4.94. The van der Waals surface area contributed by atoms with E-state index in [4.69, 9.17) is 4.74 Å². The highest BCUT2D eigenvalue weighted by Crippen LogP contribution is 2.31. The molecule has 1 aromatic rings. The Kier molecular flexibility index (Phi) is 6.32. The van der Waals surface area contributed by atoms with Gasteiger partial charge >= 0.3 is 5.97 Å². The molecule has 1 aromatic carbocycles. The van der Waals surface area contributed by atoms with E-state index in [0.717, 1.165) is 25.7 Å². The standard InChI is InChI=1S/C17H23N3O5/c1-3-4-11(2)18-16(21)10-25-17(22)12-5-8-14(19-13-6-7-13)15(9-12)20(23)24/h5,8-9,11,13,19H,3-4,6-7,10H2,1-2H3,(H,18,21)/t11-/m0/s1. The van der Waals surface area contributed by atoms with Crippen LogP contribution in [0.1, 0.15) is 49.9 Å². The normalized spacial score (nSPS) is 14.5. The first kappa shape index (κ1) is 18.7. The van der Waals surface area contributed by atoms with Crippen molar-refractivity contribution in [2.75, 3.05) is 11.9 Å². The van der Waals surface area contributed by atoms with Crippen LogP contribution in [0.3, 0.4) is 0 Å². The first-order chi connectivity index (χ1) is 11.9. The second-order valence-corrected chi connectivity index (χ2v) is 6.24. The van der Waals surface area contributed by atoms with Gasteiger partial charge in [-0.25, -0.2) is 4.79 Å². The first-order valence-corrected chi connectivity index (χ1v) is 8.42. The number of nitrogens with one attached hydrogen (secondary N) is 2. The lowest BCUT2D eigenvalue weighted by molar-refractivity contribution is -0.384. The summed E-state index contributed by atoms with van der Waals surface area (Å²) in [5.74, 6) is -1.16. The largest absolute Gasteiger partial charge is 0.452 e. The predicted octanol–water partition coefficient (Wildman–Crippen LogP) is 2.63. The molecule has 1 amide bonds. The number of carbonyl (C=O) groups is 2. The Morgan fingerprint density at radius 1 is 1.40 bits per heavy atom. The van der Waals surface area contributed by atoms with Crippen molar-refractivity contribution in [3.63, 3.8) is 0 Å². The number of anilines is 1. The fraction of sp³-hybridized carbons (Fsp3) is 0.529. The van der Waals surface area contributed by atoms with Gasteiger partial charge in [0.05, 0.1) is 10.5 Å². The van der Waals surface area contributed by atoms with Gasteiger partial charge < -0.3 is 15.4 Å². The summed E-state index contributed by atoms with van der Waals surface area (Å²) in [7, 11) is 0. The molecule has 2 N–H and O–H groups in total. The molecule has 1 fully saturated rings. The fourth-order valence-corrected chi connectivity index (χ4v) is 2.42. The number of nitro benzene ring substituents is 1. The van der Waals surface area contributed by atoms with Crippen LogP contribution in [0.15, 0.2) is 18.2 Å². The Labute approximate surface area is 146 Å². The minimum Gasteiger partial charge on any atom is -0.452 e. The number of nitro groups is 1. The molecule has 0 aliphatic heterocycles. The molecule has 0 saturated heterocycles. The first-order valence-electron chi connectivity index (χ1n) is 8.42. The van der Waals surface area contributed by atoms with Gasteiger partial charge in [-0.05, 0) is 38.3 Å². The summed E-state index contributed by atoms with van der Waals surface area (Å²) in [6.07, 6.45) is 3.73. The van der Waals surface area contributed by atoms with Crippen LogP contribution in [0, 0.1) is 10.1 Å². The van der Waals surface area contributed by atoms with E-state index >= 15 is 0 Å². The molecule has 1 aliphatic rings. The molecule has 0 unspecified atom stereocenters. The maximum absolute atomic E-state index is 12.0. The molecule has 0 radical (unpaired) electrons. The Morgan fingerprint density at radius 3 is 2.72 bits per heavy atom. The van der Waals surface area contributed by atoms with Crippen LogP contribution in [-0.4, -0.2) is 35.5 Å². The lowest BCUT2D eigenvalue weighted by Crippen LogP contribution is -2.35. The quantitative estimate of drug-likeness (QED) is 0.403. The zero-order valence-electron chi connectivity index (χ0n) is 14.4. The minimum absolute atomic E-state index is 0.00470. The van der Waals surface area contributed by atoms with Gasteiger partial charge in [-0.2, -0.15) is 0 Å². The Balaban J connectivity index is 1.95. The maximum Gasteiger partial charge on any atom is 0.338 e. The predicted molar refractivity (Wildman–Crippen MR) is 92.5 cm³/mol. The summed E-state index contributed by atoms with van der Waals surface area (Å²) in [5, 5.41) is 17.0. The maximum atomic E-state index is 12.0. The molecule has 0 spiro atoms. The average molecular weight is 349 g/mol. The second kappa shape index (κ2) is 8.46. The van der Waals surface area contributed by atoms with Crippen molar-refractivity contribution < 1.29 is 19.2 Å². The molecule has 25 heavy (non-hydrogen) atoms. The monoisotopic (exact) mass is 349 g/mol. The lowest BCUT2D eigenvalue weighted by atomic mass is 10.1. The Hall–Kier alpha value is -2.64. The van der Waals surface area contributed by atoms with Gasteiger partial charge in [-0.15, -0.1) is 0 Å². The van der Waals surface area contributed by atoms with E-state index in [1.165, 1.54) is 18.2 Å². The van der Waals surface area contributed by atoms with Crippen molar-refractivity contribution in [1.82, 2.24) is 5.32 Å². The summed E-state index contributed by atoms with van der Waals surface area (Å²) in [6.45, 7) is 3.47. The highest BCUT2D eigenvalue weighted by atomic mass is 16.6. The van der Waals surface area contributed by atoms with Crippen molar-refractivity contribution >= 4 is 23.3 Å². The molecule has 1 atom stereocenters. The van der Waals surface area contributed by atoms with Gasteiger partial charge in [-0.1, -0.05) is 13.3 Å². The molecular formula is C17H23N3O5. The third-order valence-electron chi connectivity index (χ3n) is 3.83. The molecular weight excluding hydrogens is 326 g/mol. The van der Waals surface area contributed by atoms with Crippen molar-refractivity contribution in [2.24, 2.45) is 0 Å². The third kappa shape index (κ3) is 5.74. The summed E-state index contributed by atoms with van der Waals surface area (Å²) in [4.78, 5) is 34.4. The van der Waals surface area contributed by atoms with Gasteiger partial charge in [0.15, 0.2) is 6.61 Å². The van der Waals surface area contributed by atoms with Crippen LogP contribution < -0.4 is 10.6 Å². The minimum atomic E-state index is -0.764. The molecule has 1 saturated carbocycles. The number of carbonyl (C=O) groups excluding carboxylic acids is 2. The topological polar surface area (TPSA) is 111 Å². The highest BCUT2D eigenvalue weighted by molar-refractivity contribution is 5.93. The van der Waals surface area contributed by atoms with Crippen LogP contribution in [0.25, 0.3) is 0 Å². The number of ether oxygens (including phenoxy) is 1. The number of rotatable bonds is 9. The van der Waals surface area contributed by atoms with Crippen LogP contribution in [0.5, 0.6) is 0 Å². The van der Waals surface area contributed by atoms with Crippen LogP contribution in [-0.2, 0) is 9.53 Å². The lowest BCUT2D eigenvalue weighted by Gasteiger charge is -2.13. The number of hydrogen-bond acceptors (Lipinski definition) is 6. The molecule has 8 heteroatoms. The van der Waals surface area contributed by atoms with Gasteiger partial charge in [0, 0.05) is 18.2 Å². The van der Waals surface area contributed by atoms with E-state index in [0.29, 0.717) is 5.69 Å². The number of amides is 1. The molecule has 2 rings (SSSR count). The van der Waals surface area contributed by atoms with E-state index in [-0.39, 0.29) is 23.3 Å². The average Bonchev–Trinajstić information content (AvgIpc) is 3.37. The van der Waals surface area contributed by atoms with Crippen LogP contribution in [0.4, 0.5) is 11.4 Å². The number of esters is 1. The van der Waals surface area contributed by atoms with Gasteiger partial charge in [-0.3, -0.25) is 14.9 Å². The summed E-state index contributed by atoms with van der Waals surface area (Å²) in [6, 6.07) is 4.38. The summed E-state index contributed by atoms with van der Waals surface area (Å²) in [5.41, 5.74) is 0.250. The number of hydrogen-bond donors (Lipinski definition) is 2. The second-order valence-electron chi connectivity index (χ2n) is 6.24. The Bertz CT molecular complexity index is 658. The van der Waals surface area contributed by atoms with E-state index < -0.39 is 23.4 Å². The van der Waals surface area contributed by atoms with E-state index in [1.807, 2.05) is 13.8 Å². The van der Waals surface area contributed by atoms with Gasteiger partial charge in [0.2, 0.25) is 0 Å². The van der Waals surface area contributed by atoms with Crippen molar-refractivity contribution in [3.05, 3.63) is 33.9 Å². The SMILES string of the molecule is CCC[C@H](C)NC(=O)COC(=O)c1ccc(NC2CC2)c([N+](=O)[O-])c1. The van der Waals surface area contributed by atoms with E-state index in [2.05, 4.69) is 10.6 Å². The molecule has 0 bridgehead atoms. The highest BCUT2D eigenvalue weighted by Gasteiger charge is 2.26. The molecule has 0 heterocycles. The van der Waals surface area contributed by atoms with E-state index in [1.54, 1.807) is 0 Å². The van der Waals surface area contributed by atoms with Crippen molar-refractivity contribution in [3.8, 4) is 0 Å². The zero-order chi connectivity index (χ0) is 18.4. The number of nitrogens with zero attached hydrogens (tertiary/aromatic N) is 1. The molecule has 136 valence electrons. The van der Waals surface area contributed by atoms with Crippen molar-refractivity contribution in [2.45, 2.75) is 51.6 Å². The third-order valence-corrected chi connectivity index (χ3v) is 3.83. The van der Waals surface area contributed by atoms with Gasteiger partial charge in [0.25, 0.3) is 11.6 Å². The Morgan fingerprint density at radius 2 is 2.12 bits per heavy atom. The fourth-order valence-electron chi connectivity index (χ4n) is 2.42. The van der Waals surface area contributed by atoms with Crippen molar-refractivity contribution in [1.29, 1.82) is 0 Å². The van der Waals surface area contributed by atoms with Gasteiger partial charge in [0.1, 0.15) is 5.69 Å². The molecule has 1 aliphatic carbocycles. The number of benzene rings is 1. The van der Waals surface area contributed by atoms with Crippen LogP contribution in [0.2, 0.25) is 0 Å². The molecule has 0 aromatic heterocycles. The van der Waals surface area contributed by atoms with Crippen LogP contribution >= 0.6 is 0 Å². The molecule has 8 nitrogen and oxygen atoms in total.